The van der Waals surface area contributed by atoms with Crippen LogP contribution in [0.4, 0.5) is 0 Å². The third kappa shape index (κ3) is 3.71. The second-order valence-corrected chi connectivity index (χ2v) is 5.99. The van der Waals surface area contributed by atoms with E-state index in [9.17, 15) is 4.79 Å². The molecular weight excluding hydrogens is 351 g/mol. The van der Waals surface area contributed by atoms with Gasteiger partial charge < -0.3 is 14.7 Å². The molecule has 4 rings (SSSR count). The minimum absolute atomic E-state index is 0. The Labute approximate surface area is 152 Å². The Hall–Kier alpha value is -1.63. The van der Waals surface area contributed by atoms with Crippen LogP contribution in [0.1, 0.15) is 29.8 Å². The number of aromatic nitrogens is 2. The predicted molar refractivity (Wildman–Crippen MR) is 94.7 cm³/mol. The summed E-state index contributed by atoms with van der Waals surface area (Å²) in [6, 6.07) is 6.37. The lowest BCUT2D eigenvalue weighted by molar-refractivity contribution is 0.0738. The van der Waals surface area contributed by atoms with Crippen molar-refractivity contribution >= 4 is 30.7 Å². The normalized spacial score (nSPS) is 22.2. The summed E-state index contributed by atoms with van der Waals surface area (Å²) in [5.41, 5.74) is 1.25. The molecule has 2 aromatic heterocycles. The van der Waals surface area contributed by atoms with Gasteiger partial charge in [0.1, 0.15) is 0 Å². The van der Waals surface area contributed by atoms with E-state index in [-0.39, 0.29) is 30.7 Å². The zero-order valence-corrected chi connectivity index (χ0v) is 14.7. The first-order valence-corrected chi connectivity index (χ1v) is 7.72. The molecule has 0 saturated carbocycles. The number of nitrogens with zero attached hydrogens (tertiary/aromatic N) is 3. The number of hydrogen-bond acceptors (Lipinski definition) is 5. The molecule has 1 amide bonds. The van der Waals surface area contributed by atoms with Crippen molar-refractivity contribution in [2.24, 2.45) is 0 Å². The number of pyridine rings is 1. The first-order chi connectivity index (χ1) is 10.8. The molecule has 2 aliphatic rings. The molecule has 4 heterocycles. The quantitative estimate of drug-likeness (QED) is 0.879. The van der Waals surface area contributed by atoms with Crippen LogP contribution in [0.15, 0.2) is 35.1 Å². The average Bonchev–Trinajstić information content (AvgIpc) is 3.14. The van der Waals surface area contributed by atoms with Crippen LogP contribution in [0.3, 0.4) is 0 Å². The second kappa shape index (κ2) is 7.96. The fourth-order valence-electron chi connectivity index (χ4n) is 3.32. The molecule has 0 spiro atoms. The van der Waals surface area contributed by atoms with Gasteiger partial charge in [0.05, 0.1) is 0 Å². The number of halogens is 2. The van der Waals surface area contributed by atoms with Gasteiger partial charge in [-0.05, 0) is 31.4 Å². The highest BCUT2D eigenvalue weighted by molar-refractivity contribution is 5.93. The van der Waals surface area contributed by atoms with Gasteiger partial charge in [-0.2, -0.15) is 0 Å². The number of carbonyl (C=O) groups excluding carboxylic acids is 1. The fourth-order valence-corrected chi connectivity index (χ4v) is 3.32. The zero-order valence-electron chi connectivity index (χ0n) is 13.1. The maximum atomic E-state index is 12.6. The molecular formula is C16H20Cl2N4O2. The second-order valence-electron chi connectivity index (χ2n) is 5.99. The van der Waals surface area contributed by atoms with E-state index in [0.29, 0.717) is 23.5 Å². The number of nitrogens with one attached hydrogen (secondary N) is 1. The van der Waals surface area contributed by atoms with E-state index in [0.717, 1.165) is 31.5 Å². The molecule has 2 atom stereocenters. The van der Waals surface area contributed by atoms with Crippen molar-refractivity contribution in [3.05, 3.63) is 36.3 Å². The Morgan fingerprint density at radius 2 is 1.92 bits per heavy atom. The lowest BCUT2D eigenvalue weighted by Crippen LogP contribution is -2.39. The monoisotopic (exact) mass is 370 g/mol. The summed E-state index contributed by atoms with van der Waals surface area (Å²) in [5.74, 6) is 0.554. The number of rotatable bonds is 2. The molecule has 2 bridgehead atoms. The van der Waals surface area contributed by atoms with E-state index < -0.39 is 0 Å². The molecule has 2 aromatic rings. The lowest BCUT2D eigenvalue weighted by Gasteiger charge is -2.23. The maximum Gasteiger partial charge on any atom is 0.276 e. The molecule has 0 aromatic carbocycles. The van der Waals surface area contributed by atoms with Crippen molar-refractivity contribution in [1.82, 2.24) is 20.4 Å². The number of likely N-dealkylation sites (tertiary alicyclic amines) is 1. The molecule has 1 N–H and O–H groups in total. The number of carbonyl (C=O) groups is 1. The lowest BCUT2D eigenvalue weighted by atomic mass is 10.1. The van der Waals surface area contributed by atoms with Crippen LogP contribution < -0.4 is 5.32 Å². The summed E-state index contributed by atoms with van der Waals surface area (Å²) >= 11 is 0. The Morgan fingerprint density at radius 3 is 2.71 bits per heavy atom. The molecule has 2 aliphatic heterocycles. The van der Waals surface area contributed by atoms with Gasteiger partial charge in [0, 0.05) is 49.2 Å². The first-order valence-electron chi connectivity index (χ1n) is 7.72. The van der Waals surface area contributed by atoms with Crippen molar-refractivity contribution in [2.75, 3.05) is 13.1 Å². The summed E-state index contributed by atoms with van der Waals surface area (Å²) < 4.78 is 5.31. The van der Waals surface area contributed by atoms with Crippen molar-refractivity contribution in [1.29, 1.82) is 0 Å². The Kier molecular flexibility index (Phi) is 6.21. The van der Waals surface area contributed by atoms with Crippen molar-refractivity contribution in [3.63, 3.8) is 0 Å². The highest BCUT2D eigenvalue weighted by atomic mass is 35.5. The molecule has 2 saturated heterocycles. The molecule has 6 nitrogen and oxygen atoms in total. The van der Waals surface area contributed by atoms with E-state index in [2.05, 4.69) is 15.5 Å². The van der Waals surface area contributed by atoms with Crippen molar-refractivity contribution < 1.29 is 9.32 Å². The van der Waals surface area contributed by atoms with Gasteiger partial charge in [-0.3, -0.25) is 9.78 Å². The van der Waals surface area contributed by atoms with Crippen LogP contribution in [-0.4, -0.2) is 46.1 Å². The SMILES string of the molecule is Cl.Cl.O=C(c1cc(-c2ccncc2)on1)N1CCC2CCC(C1)N2. The van der Waals surface area contributed by atoms with Gasteiger partial charge >= 0.3 is 0 Å². The van der Waals surface area contributed by atoms with Crippen LogP contribution in [0, 0.1) is 0 Å². The van der Waals surface area contributed by atoms with E-state index in [1.54, 1.807) is 18.5 Å². The largest absolute Gasteiger partial charge is 0.355 e. The van der Waals surface area contributed by atoms with E-state index in [1.165, 1.54) is 6.42 Å². The molecule has 130 valence electrons. The van der Waals surface area contributed by atoms with Gasteiger partial charge in [-0.15, -0.1) is 24.8 Å². The predicted octanol–water partition coefficient (Wildman–Crippen LogP) is 2.55. The fraction of sp³-hybridized carbons (Fsp3) is 0.438. The highest BCUT2D eigenvalue weighted by Gasteiger charge is 2.32. The van der Waals surface area contributed by atoms with Crippen LogP contribution >= 0.6 is 24.8 Å². The average molecular weight is 371 g/mol. The van der Waals surface area contributed by atoms with Gasteiger partial charge in [-0.25, -0.2) is 0 Å². The Morgan fingerprint density at radius 1 is 1.17 bits per heavy atom. The topological polar surface area (TPSA) is 71.3 Å². The standard InChI is InChI=1S/C16H18N4O2.2ClH/c21-16(20-8-5-12-1-2-13(10-20)18-12)14-9-15(22-19-14)11-3-6-17-7-4-11;;/h3-4,6-7,9,12-13,18H,1-2,5,8,10H2;2*1H. The van der Waals surface area contributed by atoms with E-state index in [4.69, 9.17) is 4.52 Å². The Bertz CT molecular complexity index is 680. The smallest absolute Gasteiger partial charge is 0.276 e. The highest BCUT2D eigenvalue weighted by Crippen LogP contribution is 2.23. The van der Waals surface area contributed by atoms with Gasteiger partial charge in [-0.1, -0.05) is 5.16 Å². The Balaban J connectivity index is 0.00000104. The molecule has 2 unspecified atom stereocenters. The van der Waals surface area contributed by atoms with E-state index >= 15 is 0 Å². The minimum Gasteiger partial charge on any atom is -0.355 e. The first kappa shape index (κ1) is 18.7. The third-order valence-corrected chi connectivity index (χ3v) is 4.50. The third-order valence-electron chi connectivity index (χ3n) is 4.50. The van der Waals surface area contributed by atoms with Gasteiger partial charge in [0.25, 0.3) is 5.91 Å². The summed E-state index contributed by atoms with van der Waals surface area (Å²) in [7, 11) is 0. The minimum atomic E-state index is -0.0431. The van der Waals surface area contributed by atoms with Crippen LogP contribution in [0.25, 0.3) is 11.3 Å². The summed E-state index contributed by atoms with van der Waals surface area (Å²) in [4.78, 5) is 18.5. The summed E-state index contributed by atoms with van der Waals surface area (Å²) in [6.45, 7) is 1.54. The molecule has 8 heteroatoms. The number of hydrogen-bond donors (Lipinski definition) is 1. The number of amides is 1. The van der Waals surface area contributed by atoms with Gasteiger partial charge in [0.2, 0.25) is 0 Å². The van der Waals surface area contributed by atoms with Crippen LogP contribution in [0.2, 0.25) is 0 Å². The molecule has 0 aliphatic carbocycles. The summed E-state index contributed by atoms with van der Waals surface area (Å²) in [6.07, 6.45) is 6.77. The molecule has 0 radical (unpaired) electrons. The van der Waals surface area contributed by atoms with Crippen LogP contribution in [0.5, 0.6) is 0 Å². The van der Waals surface area contributed by atoms with Gasteiger partial charge in [0.15, 0.2) is 11.5 Å². The molecule has 24 heavy (non-hydrogen) atoms. The van der Waals surface area contributed by atoms with E-state index in [1.807, 2.05) is 17.0 Å². The zero-order chi connectivity index (χ0) is 14.9. The van der Waals surface area contributed by atoms with Crippen molar-refractivity contribution in [3.8, 4) is 11.3 Å². The number of fused-ring (bicyclic) bond motifs is 2. The maximum absolute atomic E-state index is 12.6. The van der Waals surface area contributed by atoms with Crippen LogP contribution in [-0.2, 0) is 0 Å². The summed E-state index contributed by atoms with van der Waals surface area (Å²) in [5, 5.41) is 7.53. The van der Waals surface area contributed by atoms with Crippen molar-refractivity contribution in [2.45, 2.75) is 31.3 Å². The molecule has 2 fully saturated rings.